The zero-order chi connectivity index (χ0) is 16.8. The first-order valence-electron chi connectivity index (χ1n) is 6.77. The van der Waals surface area contributed by atoms with Crippen molar-refractivity contribution in [1.82, 2.24) is 5.32 Å². The number of hydrogen-bond acceptors (Lipinski definition) is 2. The van der Waals surface area contributed by atoms with E-state index in [1.807, 2.05) is 0 Å². The normalized spacial score (nSPS) is 10.0. The van der Waals surface area contributed by atoms with Gasteiger partial charge in [-0.05, 0) is 30.3 Å². The van der Waals surface area contributed by atoms with E-state index in [1.165, 1.54) is 36.4 Å². The molecular formula is C17H14F2N2O2. The van der Waals surface area contributed by atoms with Crippen LogP contribution >= 0.6 is 0 Å². The summed E-state index contributed by atoms with van der Waals surface area (Å²) in [5, 5.41) is 4.74. The second kappa shape index (κ2) is 7.31. The molecule has 0 aromatic heterocycles. The summed E-state index contributed by atoms with van der Waals surface area (Å²) in [4.78, 5) is 23.9. The van der Waals surface area contributed by atoms with Gasteiger partial charge in [-0.2, -0.15) is 0 Å². The fourth-order valence-electron chi connectivity index (χ4n) is 1.87. The Morgan fingerprint density at radius 3 is 2.17 bits per heavy atom. The Bertz CT molecular complexity index is 740. The molecule has 2 rings (SSSR count). The first-order chi connectivity index (χ1) is 11.0. The Labute approximate surface area is 131 Å². The van der Waals surface area contributed by atoms with E-state index in [4.69, 9.17) is 0 Å². The van der Waals surface area contributed by atoms with Crippen LogP contribution in [0, 0.1) is 11.6 Å². The third-order valence-corrected chi connectivity index (χ3v) is 3.00. The first-order valence-corrected chi connectivity index (χ1v) is 6.77. The standard InChI is InChI=1S/C17H14F2N2O2/c1-2-9-20-16(22)11-5-3-6-12(10-11)17(23)21-15-13(18)7-4-8-14(15)19/h2-8,10H,1,9H2,(H,20,22)(H,21,23). The molecular weight excluding hydrogens is 302 g/mol. The number of carbonyl (C=O) groups is 2. The third-order valence-electron chi connectivity index (χ3n) is 3.00. The molecule has 2 aromatic rings. The summed E-state index contributed by atoms with van der Waals surface area (Å²) >= 11 is 0. The van der Waals surface area contributed by atoms with Crippen LogP contribution in [0.5, 0.6) is 0 Å². The summed E-state index contributed by atoms with van der Waals surface area (Å²) in [5.74, 6) is -2.85. The van der Waals surface area contributed by atoms with Crippen molar-refractivity contribution in [2.75, 3.05) is 11.9 Å². The number of amides is 2. The van der Waals surface area contributed by atoms with Crippen molar-refractivity contribution in [3.8, 4) is 0 Å². The second-order valence-electron chi connectivity index (χ2n) is 4.63. The van der Waals surface area contributed by atoms with Crippen molar-refractivity contribution >= 4 is 17.5 Å². The monoisotopic (exact) mass is 316 g/mol. The minimum absolute atomic E-state index is 0.110. The highest BCUT2D eigenvalue weighted by atomic mass is 19.1. The highest BCUT2D eigenvalue weighted by Gasteiger charge is 2.14. The predicted molar refractivity (Wildman–Crippen MR) is 83.3 cm³/mol. The van der Waals surface area contributed by atoms with Gasteiger partial charge in [0.25, 0.3) is 11.8 Å². The maximum Gasteiger partial charge on any atom is 0.255 e. The van der Waals surface area contributed by atoms with E-state index in [0.717, 1.165) is 12.1 Å². The van der Waals surface area contributed by atoms with Gasteiger partial charge in [-0.25, -0.2) is 8.78 Å². The molecule has 0 spiro atoms. The summed E-state index contributed by atoms with van der Waals surface area (Å²) in [6.07, 6.45) is 1.52. The van der Waals surface area contributed by atoms with Crippen molar-refractivity contribution < 1.29 is 18.4 Å². The van der Waals surface area contributed by atoms with Crippen LogP contribution in [0.2, 0.25) is 0 Å². The topological polar surface area (TPSA) is 58.2 Å². The molecule has 2 N–H and O–H groups in total. The Morgan fingerprint density at radius 1 is 1.00 bits per heavy atom. The number of hydrogen-bond donors (Lipinski definition) is 2. The molecule has 0 saturated heterocycles. The Hall–Kier alpha value is -3.02. The number of rotatable bonds is 5. The molecule has 23 heavy (non-hydrogen) atoms. The summed E-state index contributed by atoms with van der Waals surface area (Å²) in [6, 6.07) is 9.10. The van der Waals surface area contributed by atoms with Crippen molar-refractivity contribution in [3.63, 3.8) is 0 Å². The fraction of sp³-hybridized carbons (Fsp3) is 0.0588. The zero-order valence-electron chi connectivity index (χ0n) is 12.1. The van der Waals surface area contributed by atoms with E-state index in [1.54, 1.807) is 0 Å². The molecule has 6 heteroatoms. The number of benzene rings is 2. The number of carbonyl (C=O) groups excluding carboxylic acids is 2. The summed E-state index contributed by atoms with van der Waals surface area (Å²) in [7, 11) is 0. The maximum atomic E-state index is 13.5. The van der Waals surface area contributed by atoms with Gasteiger partial charge in [-0.15, -0.1) is 6.58 Å². The minimum atomic E-state index is -0.877. The predicted octanol–water partition coefficient (Wildman–Crippen LogP) is 3.13. The van der Waals surface area contributed by atoms with E-state index < -0.39 is 23.2 Å². The highest BCUT2D eigenvalue weighted by molar-refractivity contribution is 6.06. The van der Waals surface area contributed by atoms with Crippen LogP contribution in [0.15, 0.2) is 55.1 Å². The fourth-order valence-corrected chi connectivity index (χ4v) is 1.87. The highest BCUT2D eigenvalue weighted by Crippen LogP contribution is 2.19. The number of nitrogens with one attached hydrogen (secondary N) is 2. The molecule has 2 aromatic carbocycles. The van der Waals surface area contributed by atoms with Gasteiger partial charge in [0.2, 0.25) is 0 Å². The van der Waals surface area contributed by atoms with Gasteiger partial charge in [0.05, 0.1) is 0 Å². The van der Waals surface area contributed by atoms with Gasteiger partial charge >= 0.3 is 0 Å². The zero-order valence-corrected chi connectivity index (χ0v) is 12.1. The molecule has 0 fully saturated rings. The van der Waals surface area contributed by atoms with E-state index in [2.05, 4.69) is 17.2 Å². The Kier molecular flexibility index (Phi) is 5.19. The molecule has 0 heterocycles. The molecule has 0 aliphatic carbocycles. The average Bonchev–Trinajstić information content (AvgIpc) is 2.56. The smallest absolute Gasteiger partial charge is 0.255 e. The molecule has 0 aliphatic heterocycles. The Morgan fingerprint density at radius 2 is 1.57 bits per heavy atom. The van der Waals surface area contributed by atoms with Crippen molar-refractivity contribution in [2.45, 2.75) is 0 Å². The second-order valence-corrected chi connectivity index (χ2v) is 4.63. The third kappa shape index (κ3) is 4.00. The van der Waals surface area contributed by atoms with Crippen LogP contribution in [-0.4, -0.2) is 18.4 Å². The lowest BCUT2D eigenvalue weighted by Gasteiger charge is -2.08. The van der Waals surface area contributed by atoms with Crippen LogP contribution < -0.4 is 10.6 Å². The largest absolute Gasteiger partial charge is 0.349 e. The SMILES string of the molecule is C=CCNC(=O)c1cccc(C(=O)Nc2c(F)cccc2F)c1. The van der Waals surface area contributed by atoms with Crippen molar-refractivity contribution in [1.29, 1.82) is 0 Å². The van der Waals surface area contributed by atoms with Crippen LogP contribution in [0.4, 0.5) is 14.5 Å². The van der Waals surface area contributed by atoms with Gasteiger partial charge in [-0.1, -0.05) is 18.2 Å². The van der Waals surface area contributed by atoms with Crippen LogP contribution in [0.3, 0.4) is 0 Å². The van der Waals surface area contributed by atoms with Gasteiger partial charge in [-0.3, -0.25) is 9.59 Å². The number of anilines is 1. The number of halogens is 2. The minimum Gasteiger partial charge on any atom is -0.349 e. The van der Waals surface area contributed by atoms with Gasteiger partial charge in [0.15, 0.2) is 0 Å². The lowest BCUT2D eigenvalue weighted by molar-refractivity contribution is 0.0958. The summed E-state index contributed by atoms with van der Waals surface area (Å²) in [5.41, 5.74) is -0.161. The quantitative estimate of drug-likeness (QED) is 0.833. The molecule has 0 saturated carbocycles. The molecule has 2 amide bonds. The number of para-hydroxylation sites is 1. The summed E-state index contributed by atoms with van der Waals surface area (Å²) < 4.78 is 27.1. The molecule has 118 valence electrons. The van der Waals surface area contributed by atoms with Gasteiger partial charge in [0.1, 0.15) is 17.3 Å². The van der Waals surface area contributed by atoms with Crippen LogP contribution in [0.25, 0.3) is 0 Å². The van der Waals surface area contributed by atoms with Crippen LogP contribution in [0.1, 0.15) is 20.7 Å². The van der Waals surface area contributed by atoms with Gasteiger partial charge < -0.3 is 10.6 Å². The Balaban J connectivity index is 2.20. The van der Waals surface area contributed by atoms with E-state index in [-0.39, 0.29) is 23.6 Å². The first kappa shape index (κ1) is 16.4. The molecule has 0 radical (unpaired) electrons. The van der Waals surface area contributed by atoms with E-state index in [9.17, 15) is 18.4 Å². The lowest BCUT2D eigenvalue weighted by atomic mass is 10.1. The van der Waals surface area contributed by atoms with Crippen LogP contribution in [-0.2, 0) is 0 Å². The average molecular weight is 316 g/mol. The van der Waals surface area contributed by atoms with E-state index in [0.29, 0.717) is 0 Å². The van der Waals surface area contributed by atoms with Gasteiger partial charge in [0, 0.05) is 17.7 Å². The molecule has 0 unspecified atom stereocenters. The summed E-state index contributed by atoms with van der Waals surface area (Å²) in [6.45, 7) is 3.77. The van der Waals surface area contributed by atoms with Crippen molar-refractivity contribution in [3.05, 3.63) is 77.9 Å². The maximum absolute atomic E-state index is 13.5. The lowest BCUT2D eigenvalue weighted by Crippen LogP contribution is -2.23. The molecule has 4 nitrogen and oxygen atoms in total. The van der Waals surface area contributed by atoms with Crippen molar-refractivity contribution in [2.24, 2.45) is 0 Å². The molecule has 0 atom stereocenters. The molecule has 0 bridgehead atoms. The molecule has 0 aliphatic rings. The van der Waals surface area contributed by atoms with E-state index >= 15 is 0 Å².